The Bertz CT molecular complexity index is 608. The van der Waals surface area contributed by atoms with Gasteiger partial charge in [-0.3, -0.25) is 0 Å². The van der Waals surface area contributed by atoms with E-state index in [1.54, 1.807) is 16.0 Å². The van der Waals surface area contributed by atoms with E-state index in [4.69, 9.17) is 0 Å². The van der Waals surface area contributed by atoms with Gasteiger partial charge in [0.25, 0.3) is 0 Å². The molecule has 100 valence electrons. The van der Waals surface area contributed by atoms with E-state index in [0.717, 1.165) is 13.0 Å². The van der Waals surface area contributed by atoms with E-state index < -0.39 is 0 Å². The standard InChI is InChI=1S/C16H20N2S/c1-2-13-14-7-5-9-18(14)16-12(10-17-13)11-6-3-4-8-15(11)19-16/h5,7,9,13,17H,2-4,6,8,10H2,1H3/t13-/m0/s1. The van der Waals surface area contributed by atoms with Gasteiger partial charge in [-0.2, -0.15) is 0 Å². The number of thiophene rings is 1. The minimum atomic E-state index is 0.494. The number of hydrogen-bond donors (Lipinski definition) is 1. The molecule has 2 nitrogen and oxygen atoms in total. The first-order valence-corrected chi connectivity index (χ1v) is 8.24. The van der Waals surface area contributed by atoms with Crippen LogP contribution in [0.15, 0.2) is 18.3 Å². The Hall–Kier alpha value is -1.06. The molecule has 0 bridgehead atoms. The number of aryl methyl sites for hydroxylation is 1. The maximum atomic E-state index is 3.75. The molecule has 3 heterocycles. The van der Waals surface area contributed by atoms with E-state index in [0.29, 0.717) is 6.04 Å². The zero-order valence-electron chi connectivity index (χ0n) is 11.4. The zero-order valence-corrected chi connectivity index (χ0v) is 12.2. The summed E-state index contributed by atoms with van der Waals surface area (Å²) in [6.07, 6.45) is 8.71. The molecule has 0 fully saturated rings. The molecule has 2 aromatic rings. The molecule has 1 N–H and O–H groups in total. The van der Waals surface area contributed by atoms with Crippen LogP contribution < -0.4 is 5.32 Å². The van der Waals surface area contributed by atoms with Gasteiger partial charge in [-0.1, -0.05) is 6.92 Å². The normalized spacial score (nSPS) is 21.4. The Balaban J connectivity index is 1.90. The molecule has 0 spiro atoms. The van der Waals surface area contributed by atoms with Crippen LogP contribution in [-0.2, 0) is 19.4 Å². The summed E-state index contributed by atoms with van der Waals surface area (Å²) in [5.41, 5.74) is 4.67. The number of nitrogens with zero attached hydrogens (tertiary/aromatic N) is 1. The zero-order chi connectivity index (χ0) is 12.8. The Morgan fingerprint density at radius 2 is 2.21 bits per heavy atom. The van der Waals surface area contributed by atoms with E-state index in [1.165, 1.54) is 36.4 Å². The number of rotatable bonds is 1. The molecule has 0 saturated heterocycles. The first-order valence-electron chi connectivity index (χ1n) is 7.43. The topological polar surface area (TPSA) is 17.0 Å². The van der Waals surface area contributed by atoms with Crippen LogP contribution in [0.4, 0.5) is 0 Å². The molecule has 19 heavy (non-hydrogen) atoms. The molecule has 4 rings (SSSR count). The molecule has 3 heteroatoms. The van der Waals surface area contributed by atoms with Crippen LogP contribution in [0.5, 0.6) is 0 Å². The third kappa shape index (κ3) is 1.72. The molecular weight excluding hydrogens is 252 g/mol. The summed E-state index contributed by atoms with van der Waals surface area (Å²) >= 11 is 2.03. The first-order chi connectivity index (χ1) is 9.38. The van der Waals surface area contributed by atoms with Crippen LogP contribution in [0, 0.1) is 0 Å². The lowest BCUT2D eigenvalue weighted by Gasteiger charge is -2.16. The van der Waals surface area contributed by atoms with Crippen LogP contribution in [-0.4, -0.2) is 4.57 Å². The highest BCUT2D eigenvalue weighted by molar-refractivity contribution is 7.15. The van der Waals surface area contributed by atoms with Gasteiger partial charge >= 0.3 is 0 Å². The summed E-state index contributed by atoms with van der Waals surface area (Å²) in [4.78, 5) is 1.65. The summed E-state index contributed by atoms with van der Waals surface area (Å²) in [5, 5.41) is 5.23. The van der Waals surface area contributed by atoms with Gasteiger partial charge in [0, 0.05) is 34.9 Å². The fourth-order valence-electron chi connectivity index (χ4n) is 3.54. The SMILES string of the molecule is CC[C@@H]1NCc2c(sc3c2CCCC3)-n2cccc21. The first kappa shape index (κ1) is 11.7. The molecule has 1 atom stereocenters. The fraction of sp³-hybridized carbons (Fsp3) is 0.500. The molecule has 2 aliphatic rings. The maximum Gasteiger partial charge on any atom is 0.104 e. The van der Waals surface area contributed by atoms with Crippen LogP contribution in [0.2, 0.25) is 0 Å². The minimum Gasteiger partial charge on any atom is -0.311 e. The van der Waals surface area contributed by atoms with E-state index in [9.17, 15) is 0 Å². The largest absolute Gasteiger partial charge is 0.311 e. The van der Waals surface area contributed by atoms with Gasteiger partial charge in [-0.05, 0) is 49.8 Å². The summed E-state index contributed by atoms with van der Waals surface area (Å²) in [7, 11) is 0. The van der Waals surface area contributed by atoms with Crippen molar-refractivity contribution in [2.24, 2.45) is 0 Å². The molecule has 1 aliphatic carbocycles. The predicted molar refractivity (Wildman–Crippen MR) is 80.2 cm³/mol. The second-order valence-electron chi connectivity index (χ2n) is 5.64. The number of nitrogens with one attached hydrogen (secondary N) is 1. The molecule has 1 aliphatic heterocycles. The van der Waals surface area contributed by atoms with Crippen LogP contribution in [0.1, 0.15) is 53.9 Å². The minimum absolute atomic E-state index is 0.494. The molecule has 0 saturated carbocycles. The van der Waals surface area contributed by atoms with Gasteiger partial charge in [-0.25, -0.2) is 0 Å². The monoisotopic (exact) mass is 272 g/mol. The Morgan fingerprint density at radius 1 is 1.32 bits per heavy atom. The molecule has 0 unspecified atom stereocenters. The van der Waals surface area contributed by atoms with E-state index in [1.807, 2.05) is 11.3 Å². The van der Waals surface area contributed by atoms with Crippen molar-refractivity contribution in [3.05, 3.63) is 40.0 Å². The summed E-state index contributed by atoms with van der Waals surface area (Å²) < 4.78 is 2.44. The van der Waals surface area contributed by atoms with Crippen molar-refractivity contribution in [1.82, 2.24) is 9.88 Å². The quantitative estimate of drug-likeness (QED) is 0.831. The average molecular weight is 272 g/mol. The lowest BCUT2D eigenvalue weighted by molar-refractivity contribution is 0.511. The maximum absolute atomic E-state index is 3.75. The highest BCUT2D eigenvalue weighted by Gasteiger charge is 2.26. The lowest BCUT2D eigenvalue weighted by atomic mass is 9.95. The van der Waals surface area contributed by atoms with Gasteiger partial charge in [0.1, 0.15) is 5.00 Å². The van der Waals surface area contributed by atoms with Gasteiger partial charge < -0.3 is 9.88 Å². The van der Waals surface area contributed by atoms with Crippen molar-refractivity contribution >= 4 is 11.3 Å². The van der Waals surface area contributed by atoms with Gasteiger partial charge in [0.05, 0.1) is 0 Å². The van der Waals surface area contributed by atoms with Crippen molar-refractivity contribution in [2.75, 3.05) is 0 Å². The lowest BCUT2D eigenvalue weighted by Crippen LogP contribution is -2.20. The van der Waals surface area contributed by atoms with Crippen LogP contribution in [0.3, 0.4) is 0 Å². The molecule has 2 aromatic heterocycles. The summed E-state index contributed by atoms with van der Waals surface area (Å²) in [5.74, 6) is 0. The van der Waals surface area contributed by atoms with E-state index in [2.05, 4.69) is 35.1 Å². The Labute approximate surface area is 118 Å². The van der Waals surface area contributed by atoms with E-state index >= 15 is 0 Å². The van der Waals surface area contributed by atoms with Crippen molar-refractivity contribution in [3.8, 4) is 5.00 Å². The van der Waals surface area contributed by atoms with Gasteiger partial charge in [0.15, 0.2) is 0 Å². The molecule has 0 aromatic carbocycles. The second kappa shape index (κ2) is 4.50. The highest BCUT2D eigenvalue weighted by Crippen LogP contribution is 2.40. The predicted octanol–water partition coefficient (Wildman–Crippen LogP) is 3.97. The van der Waals surface area contributed by atoms with E-state index in [-0.39, 0.29) is 0 Å². The highest BCUT2D eigenvalue weighted by atomic mass is 32.1. The van der Waals surface area contributed by atoms with Gasteiger partial charge in [-0.15, -0.1) is 11.3 Å². The van der Waals surface area contributed by atoms with Crippen LogP contribution >= 0.6 is 11.3 Å². The number of hydrogen-bond acceptors (Lipinski definition) is 2. The van der Waals surface area contributed by atoms with Crippen molar-refractivity contribution in [1.29, 1.82) is 0 Å². The Morgan fingerprint density at radius 3 is 3.11 bits per heavy atom. The average Bonchev–Trinajstić information content (AvgIpc) is 3.01. The number of aromatic nitrogens is 1. The summed E-state index contributed by atoms with van der Waals surface area (Å²) in [6, 6.07) is 4.96. The second-order valence-corrected chi connectivity index (χ2v) is 6.72. The fourth-order valence-corrected chi connectivity index (χ4v) is 4.95. The van der Waals surface area contributed by atoms with Crippen molar-refractivity contribution in [2.45, 2.75) is 51.6 Å². The van der Waals surface area contributed by atoms with Crippen molar-refractivity contribution < 1.29 is 0 Å². The van der Waals surface area contributed by atoms with Crippen LogP contribution in [0.25, 0.3) is 5.00 Å². The molecule has 0 radical (unpaired) electrons. The number of fused-ring (bicyclic) bond motifs is 5. The Kier molecular flexibility index (Phi) is 2.78. The smallest absolute Gasteiger partial charge is 0.104 e. The third-order valence-electron chi connectivity index (χ3n) is 4.55. The summed E-state index contributed by atoms with van der Waals surface area (Å²) in [6.45, 7) is 3.31. The molecular formula is C16H20N2S. The third-order valence-corrected chi connectivity index (χ3v) is 5.88. The van der Waals surface area contributed by atoms with Crippen molar-refractivity contribution in [3.63, 3.8) is 0 Å². The molecule has 0 amide bonds. The van der Waals surface area contributed by atoms with Gasteiger partial charge in [0.2, 0.25) is 0 Å².